The molecule has 24 heavy (non-hydrogen) atoms. The Morgan fingerprint density at radius 3 is 2.17 bits per heavy atom. The molecule has 10 heteroatoms. The number of rotatable bonds is 14. The largest absolute Gasteiger partial charge is 0.377 e. The van der Waals surface area contributed by atoms with Crippen molar-refractivity contribution in [2.75, 3.05) is 52.9 Å². The molecule has 0 saturated heterocycles. The molecule has 1 aromatic heterocycles. The van der Waals surface area contributed by atoms with Crippen molar-refractivity contribution in [3.63, 3.8) is 0 Å². The molecule has 8 nitrogen and oxygen atoms in total. The van der Waals surface area contributed by atoms with Crippen LogP contribution < -0.4 is 0 Å². The van der Waals surface area contributed by atoms with E-state index in [0.717, 1.165) is 0 Å². The summed E-state index contributed by atoms with van der Waals surface area (Å²) in [6, 6.07) is 0. The molecule has 0 aliphatic carbocycles. The average molecular weight is 563 g/mol. The molecule has 0 aromatic carbocycles. The molecule has 0 radical (unpaired) electrons. The molecule has 0 spiro atoms. The topological polar surface area (TPSA) is 84.7 Å². The van der Waals surface area contributed by atoms with Crippen molar-refractivity contribution in [1.29, 1.82) is 0 Å². The Balaban J connectivity index is 1.83. The van der Waals surface area contributed by atoms with E-state index in [-0.39, 0.29) is 3.79 Å². The quantitative estimate of drug-likeness (QED) is 0.146. The van der Waals surface area contributed by atoms with Crippen molar-refractivity contribution in [1.82, 2.24) is 15.0 Å². The lowest BCUT2D eigenvalue weighted by Crippen LogP contribution is -2.13. The van der Waals surface area contributed by atoms with Gasteiger partial charge in [-0.15, -0.1) is 5.10 Å². The predicted octanol–water partition coefficient (Wildman–Crippen LogP) is 1.32. The van der Waals surface area contributed by atoms with Gasteiger partial charge in [-0.2, -0.15) is 0 Å². The molecule has 0 unspecified atom stereocenters. The number of hydrogen-bond acceptors (Lipinski definition) is 7. The second-order valence-corrected chi connectivity index (χ2v) is 5.82. The Hall–Kier alpha value is -0.330. The summed E-state index contributed by atoms with van der Waals surface area (Å²) in [5.74, 6) is 2.80. The highest BCUT2D eigenvalue weighted by atomic mass is 127. The van der Waals surface area contributed by atoms with Gasteiger partial charge in [0, 0.05) is 45.2 Å². The number of halogens is 2. The minimum Gasteiger partial charge on any atom is -0.377 e. The molecule has 134 valence electrons. The Morgan fingerprint density at radius 2 is 1.62 bits per heavy atom. The van der Waals surface area contributed by atoms with Crippen LogP contribution in [0.25, 0.3) is 0 Å². The lowest BCUT2D eigenvalue weighted by Gasteiger charge is -2.06. The number of carbonyl (C=O) groups excluding carboxylic acids is 1. The van der Waals surface area contributed by atoms with Crippen LogP contribution in [0.1, 0.15) is 10.5 Å². The second kappa shape index (κ2) is 15.0. The van der Waals surface area contributed by atoms with Crippen LogP contribution >= 0.6 is 45.2 Å². The first-order chi connectivity index (χ1) is 11.7. The van der Waals surface area contributed by atoms with Gasteiger partial charge in [0.1, 0.15) is 6.61 Å². The third-order valence-electron chi connectivity index (χ3n) is 2.56. The van der Waals surface area contributed by atoms with Gasteiger partial charge in [-0.3, -0.25) is 4.79 Å². The van der Waals surface area contributed by atoms with Gasteiger partial charge in [0.2, 0.25) is 3.79 Å². The normalized spacial score (nSPS) is 10.4. The van der Waals surface area contributed by atoms with Crippen LogP contribution in [-0.2, 0) is 25.5 Å². The standard InChI is InChI=1S/C14H19I2N3O5/c15-2-1-4-21-6-8-23-10-11-24-9-7-22-5-3-19-12-13(14(16)20)17-18-19/h12H,3-11H2. The highest BCUT2D eigenvalue weighted by Crippen LogP contribution is 2.00. The summed E-state index contributed by atoms with van der Waals surface area (Å²) in [4.78, 5) is 11.1. The Labute approximate surface area is 168 Å². The van der Waals surface area contributed by atoms with Gasteiger partial charge in [-0.05, 0) is 3.93 Å². The third kappa shape index (κ3) is 11.3. The molecule has 1 heterocycles. The number of carbonyl (C=O) groups is 1. The molecule has 0 atom stereocenters. The van der Waals surface area contributed by atoms with Crippen molar-refractivity contribution in [2.45, 2.75) is 6.54 Å². The van der Waals surface area contributed by atoms with E-state index in [4.69, 9.17) is 18.9 Å². The van der Waals surface area contributed by atoms with E-state index in [0.29, 0.717) is 65.1 Å². The third-order valence-corrected chi connectivity index (χ3v) is 3.50. The van der Waals surface area contributed by atoms with Gasteiger partial charge in [-0.25, -0.2) is 4.68 Å². The second-order valence-electron chi connectivity index (χ2n) is 4.30. The fourth-order valence-electron chi connectivity index (χ4n) is 1.47. The van der Waals surface area contributed by atoms with E-state index >= 15 is 0 Å². The van der Waals surface area contributed by atoms with Gasteiger partial charge in [0.15, 0.2) is 5.69 Å². The molecular formula is C14H19I2N3O5. The first-order valence-corrected chi connectivity index (χ1v) is 9.39. The maximum atomic E-state index is 11.1. The van der Waals surface area contributed by atoms with Gasteiger partial charge in [0.05, 0.1) is 59.0 Å². The van der Waals surface area contributed by atoms with E-state index in [2.05, 4.69) is 20.2 Å². The molecule has 0 fully saturated rings. The van der Waals surface area contributed by atoms with Gasteiger partial charge in [-0.1, -0.05) is 11.1 Å². The summed E-state index contributed by atoms with van der Waals surface area (Å²) in [6.45, 7) is 4.55. The number of ether oxygens (including phenoxy) is 4. The summed E-state index contributed by atoms with van der Waals surface area (Å²) in [5.41, 5.74) is 0.349. The summed E-state index contributed by atoms with van der Waals surface area (Å²) in [6.07, 6.45) is 1.60. The highest BCUT2D eigenvalue weighted by Gasteiger charge is 2.06. The van der Waals surface area contributed by atoms with Crippen LogP contribution in [0, 0.1) is 9.85 Å². The van der Waals surface area contributed by atoms with Gasteiger partial charge >= 0.3 is 0 Å². The van der Waals surface area contributed by atoms with Crippen LogP contribution in [-0.4, -0.2) is 71.6 Å². The first-order valence-electron chi connectivity index (χ1n) is 7.23. The van der Waals surface area contributed by atoms with Crippen LogP contribution in [0.4, 0.5) is 0 Å². The molecule has 0 aliphatic rings. The first kappa shape index (κ1) is 21.7. The van der Waals surface area contributed by atoms with Crippen LogP contribution in [0.15, 0.2) is 6.20 Å². The van der Waals surface area contributed by atoms with Crippen molar-refractivity contribution in [3.8, 4) is 9.85 Å². The van der Waals surface area contributed by atoms with Crippen LogP contribution in [0.2, 0.25) is 0 Å². The summed E-state index contributed by atoms with van der Waals surface area (Å²) in [5, 5.41) is 7.58. The number of aromatic nitrogens is 3. The maximum Gasteiger partial charge on any atom is 0.244 e. The van der Waals surface area contributed by atoms with Crippen molar-refractivity contribution in [2.24, 2.45) is 0 Å². The molecule has 0 saturated carbocycles. The Kier molecular flexibility index (Phi) is 13.5. The van der Waals surface area contributed by atoms with Gasteiger partial charge < -0.3 is 18.9 Å². The monoisotopic (exact) mass is 563 g/mol. The van der Waals surface area contributed by atoms with E-state index in [1.807, 2.05) is 22.6 Å². The summed E-state index contributed by atoms with van der Waals surface area (Å²) >= 11 is 3.65. The smallest absolute Gasteiger partial charge is 0.244 e. The van der Waals surface area contributed by atoms with Gasteiger partial charge in [0.25, 0.3) is 0 Å². The molecule has 0 bridgehead atoms. The zero-order valence-corrected chi connectivity index (χ0v) is 17.4. The van der Waals surface area contributed by atoms with E-state index in [1.54, 1.807) is 33.5 Å². The Morgan fingerprint density at radius 1 is 1.04 bits per heavy atom. The number of hydrogen-bond donors (Lipinski definition) is 0. The molecule has 1 aromatic rings. The zero-order chi connectivity index (χ0) is 17.5. The SMILES string of the molecule is O=C(I)c1cn(CCOCCOCCOCCOCC#CI)nn1. The van der Waals surface area contributed by atoms with E-state index in [9.17, 15) is 4.79 Å². The summed E-state index contributed by atoms with van der Waals surface area (Å²) in [7, 11) is 0. The minimum atomic E-state index is -0.128. The van der Waals surface area contributed by atoms with Crippen molar-refractivity contribution in [3.05, 3.63) is 11.9 Å². The van der Waals surface area contributed by atoms with Crippen LogP contribution in [0.5, 0.6) is 0 Å². The Bertz CT molecular complexity index is 530. The fourth-order valence-corrected chi connectivity index (χ4v) is 1.87. The van der Waals surface area contributed by atoms with Crippen LogP contribution in [0.3, 0.4) is 0 Å². The lowest BCUT2D eigenvalue weighted by molar-refractivity contribution is 0.000196. The van der Waals surface area contributed by atoms with Crippen molar-refractivity contribution >= 4 is 49.0 Å². The highest BCUT2D eigenvalue weighted by molar-refractivity contribution is 14.1. The lowest BCUT2D eigenvalue weighted by atomic mass is 10.5. The maximum absolute atomic E-state index is 11.1. The molecule has 0 N–H and O–H groups in total. The molecule has 0 aliphatic heterocycles. The van der Waals surface area contributed by atoms with Crippen molar-refractivity contribution < 1.29 is 23.7 Å². The van der Waals surface area contributed by atoms with E-state index in [1.165, 1.54) is 0 Å². The zero-order valence-electron chi connectivity index (χ0n) is 13.1. The van der Waals surface area contributed by atoms with E-state index < -0.39 is 0 Å². The molecule has 0 amide bonds. The fraction of sp³-hybridized carbons (Fsp3) is 0.643. The molecule has 1 rings (SSSR count). The summed E-state index contributed by atoms with van der Waals surface area (Å²) < 4.78 is 25.5. The minimum absolute atomic E-state index is 0.128. The average Bonchev–Trinajstić information content (AvgIpc) is 3.04. The molecular weight excluding hydrogens is 544 g/mol. The predicted molar refractivity (Wildman–Crippen MR) is 103 cm³/mol. The number of nitrogens with zero attached hydrogens (tertiary/aromatic N) is 3.